The van der Waals surface area contributed by atoms with Crippen molar-refractivity contribution in [3.05, 3.63) is 152 Å². The van der Waals surface area contributed by atoms with E-state index < -0.39 is 7.05 Å². The van der Waals surface area contributed by atoms with E-state index in [1.54, 1.807) is 6.33 Å². The Morgan fingerprint density at radius 3 is 1.85 bits per heavy atom. The van der Waals surface area contributed by atoms with Crippen LogP contribution in [0.5, 0.6) is 11.5 Å². The molecule has 9 heteroatoms. The van der Waals surface area contributed by atoms with Crippen molar-refractivity contribution in [2.75, 3.05) is 0 Å². The van der Waals surface area contributed by atoms with Crippen molar-refractivity contribution in [2.24, 2.45) is 4.74 Å². The summed E-state index contributed by atoms with van der Waals surface area (Å²) in [6, 6.07) is 49.3. The molecule has 1 saturated carbocycles. The maximum Gasteiger partial charge on any atom is 0.302 e. The smallest absolute Gasteiger partial charge is 0.302 e. The molecule has 2 heterocycles. The molecule has 1 aliphatic rings. The van der Waals surface area contributed by atoms with Crippen LogP contribution in [0.2, 0.25) is 0 Å². The van der Waals surface area contributed by atoms with Gasteiger partial charge in [0.2, 0.25) is 0 Å². The summed E-state index contributed by atoms with van der Waals surface area (Å²) in [7, 11) is -2.67. The molecule has 0 amide bonds. The second kappa shape index (κ2) is 14.8. The number of fused-ring (bicyclic) bond motifs is 1. The quantitative estimate of drug-likeness (QED) is 0.110. The molecule has 258 valence electrons. The Bertz CT molecular complexity index is 2250. The first kappa shape index (κ1) is 33.3. The van der Waals surface area contributed by atoms with E-state index in [9.17, 15) is 4.79 Å². The summed E-state index contributed by atoms with van der Waals surface area (Å²) in [5, 5.41) is 9.44. The van der Waals surface area contributed by atoms with E-state index in [0.29, 0.717) is 17.9 Å². The zero-order chi connectivity index (χ0) is 35.3. The van der Waals surface area contributed by atoms with Gasteiger partial charge < -0.3 is 9.47 Å². The highest BCUT2D eigenvalue weighted by Crippen LogP contribution is 2.51. The molecule has 8 nitrogen and oxygen atoms in total. The van der Waals surface area contributed by atoms with Gasteiger partial charge in [0.25, 0.3) is 0 Å². The van der Waals surface area contributed by atoms with Crippen LogP contribution in [0.15, 0.2) is 157 Å². The van der Waals surface area contributed by atoms with Crippen LogP contribution in [-0.2, 0) is 9.53 Å². The summed E-state index contributed by atoms with van der Waals surface area (Å²) in [6.45, 7) is 1.47. The van der Waals surface area contributed by atoms with Gasteiger partial charge in [0.1, 0.15) is 29.6 Å². The third-order valence-corrected chi connectivity index (χ3v) is 13.1. The molecule has 0 saturated heterocycles. The van der Waals surface area contributed by atoms with Gasteiger partial charge in [-0.1, -0.05) is 109 Å². The van der Waals surface area contributed by atoms with Gasteiger partial charge >= 0.3 is 5.97 Å². The molecule has 8 rings (SSSR count). The summed E-state index contributed by atoms with van der Waals surface area (Å²) >= 11 is 0. The van der Waals surface area contributed by atoms with Crippen molar-refractivity contribution in [3.63, 3.8) is 0 Å². The van der Waals surface area contributed by atoms with Gasteiger partial charge in [0, 0.05) is 34.8 Å². The zero-order valence-corrected chi connectivity index (χ0v) is 29.7. The molecule has 5 aromatic carbocycles. The van der Waals surface area contributed by atoms with E-state index in [1.807, 2.05) is 77.5 Å². The molecule has 1 fully saturated rings. The Kier molecular flexibility index (Phi) is 9.47. The van der Waals surface area contributed by atoms with Gasteiger partial charge in [0.05, 0.1) is 18.5 Å². The van der Waals surface area contributed by atoms with Crippen molar-refractivity contribution >= 4 is 45.8 Å². The van der Waals surface area contributed by atoms with Gasteiger partial charge in [-0.05, 0) is 55.7 Å². The van der Waals surface area contributed by atoms with Crippen molar-refractivity contribution in [2.45, 2.75) is 44.8 Å². The minimum Gasteiger partial charge on any atom is -0.462 e. The molecule has 0 spiro atoms. The molecule has 7 aromatic rings. The van der Waals surface area contributed by atoms with Crippen LogP contribution in [0.25, 0.3) is 22.3 Å². The summed E-state index contributed by atoms with van der Waals surface area (Å²) in [6.07, 6.45) is 4.72. The van der Waals surface area contributed by atoms with E-state index in [1.165, 1.54) is 6.92 Å². The molecule has 2 atom stereocenters. The lowest BCUT2D eigenvalue weighted by Gasteiger charge is -2.29. The minimum absolute atomic E-state index is 0.0188. The Morgan fingerprint density at radius 2 is 1.27 bits per heavy atom. The Hall–Kier alpha value is -5.85. The van der Waals surface area contributed by atoms with Crippen LogP contribution in [0.3, 0.4) is 0 Å². The second-order valence-corrected chi connectivity index (χ2v) is 15.9. The molecular formula is C43H38N5O3P. The molecule has 52 heavy (non-hydrogen) atoms. The largest absolute Gasteiger partial charge is 0.462 e. The molecule has 1 aliphatic carbocycles. The lowest BCUT2D eigenvalue weighted by molar-refractivity contribution is -0.148. The number of esters is 1. The van der Waals surface area contributed by atoms with Crippen LogP contribution < -0.4 is 20.7 Å². The maximum atomic E-state index is 11.9. The van der Waals surface area contributed by atoms with Crippen molar-refractivity contribution in [3.8, 4) is 22.8 Å². The van der Waals surface area contributed by atoms with Gasteiger partial charge in [0.15, 0.2) is 11.5 Å². The monoisotopic (exact) mass is 703 g/mol. The topological polar surface area (TPSA) is 91.5 Å². The van der Waals surface area contributed by atoms with Gasteiger partial charge in [-0.2, -0.15) is 5.10 Å². The van der Waals surface area contributed by atoms with Crippen LogP contribution in [-0.4, -0.2) is 31.8 Å². The summed E-state index contributed by atoms with van der Waals surface area (Å²) in [5.41, 5.74) is 2.34. The summed E-state index contributed by atoms with van der Waals surface area (Å²) in [5.74, 6) is 1.80. The first-order valence-electron chi connectivity index (χ1n) is 17.6. The first-order valence-corrected chi connectivity index (χ1v) is 19.4. The first-order chi connectivity index (χ1) is 25.6. The van der Waals surface area contributed by atoms with Gasteiger partial charge in [-0.25, -0.2) is 19.4 Å². The van der Waals surface area contributed by atoms with E-state index in [-0.39, 0.29) is 18.1 Å². The standard InChI is InChI=1S/C43H38N5O3P/c1-31(49)50-36-18-14-15-33(29-36)48-43-40(41(46-48)32-25-27-35(28-26-32)51-34-16-6-2-7-17-34)42(44-30-45-43)47-52(37-19-8-3-9-20-37,38-21-10-4-11-22-38)39-23-12-5-13-24-39/h2-13,16-17,19-28,30,33,36H,14-15,18,29H2,1H3/t33?,36-/m1/s1. The number of carbonyl (C=O) groups is 1. The lowest BCUT2D eigenvalue weighted by Crippen LogP contribution is -2.27. The lowest BCUT2D eigenvalue weighted by atomic mass is 9.93. The highest BCUT2D eigenvalue weighted by atomic mass is 31.2. The molecule has 0 aliphatic heterocycles. The molecular weight excluding hydrogens is 665 g/mol. The number of benzene rings is 5. The van der Waals surface area contributed by atoms with Crippen LogP contribution in [0.1, 0.15) is 38.6 Å². The van der Waals surface area contributed by atoms with Crippen LogP contribution in [0, 0.1) is 0 Å². The Morgan fingerprint density at radius 1 is 0.712 bits per heavy atom. The molecule has 1 unspecified atom stereocenters. The highest BCUT2D eigenvalue weighted by molar-refractivity contribution is 7.87. The van der Waals surface area contributed by atoms with Gasteiger partial charge in [-0.3, -0.25) is 4.79 Å². The van der Waals surface area contributed by atoms with Crippen molar-refractivity contribution in [1.29, 1.82) is 0 Å². The predicted molar refractivity (Wildman–Crippen MR) is 208 cm³/mol. The number of carbonyl (C=O) groups excluding carboxylic acids is 1. The number of rotatable bonds is 9. The average Bonchev–Trinajstić information content (AvgIpc) is 3.59. The highest BCUT2D eigenvalue weighted by Gasteiger charge is 2.32. The summed E-state index contributed by atoms with van der Waals surface area (Å²) < 4.78 is 19.7. The van der Waals surface area contributed by atoms with E-state index >= 15 is 0 Å². The number of nitrogens with zero attached hydrogens (tertiary/aromatic N) is 5. The van der Waals surface area contributed by atoms with E-state index in [4.69, 9.17) is 29.3 Å². The molecule has 2 aromatic heterocycles. The second-order valence-electron chi connectivity index (χ2n) is 12.9. The minimum atomic E-state index is -2.67. The van der Waals surface area contributed by atoms with Crippen LogP contribution >= 0.6 is 7.05 Å². The fourth-order valence-electron chi connectivity index (χ4n) is 7.17. The fourth-order valence-corrected chi connectivity index (χ4v) is 10.7. The number of aromatic nitrogens is 4. The third kappa shape index (κ3) is 6.65. The zero-order valence-electron chi connectivity index (χ0n) is 28.8. The number of ether oxygens (including phenoxy) is 2. The normalized spacial score (nSPS) is 15.9. The summed E-state index contributed by atoms with van der Waals surface area (Å²) in [4.78, 5) is 21.8. The fraction of sp³-hybridized carbons (Fsp3) is 0.163. The average molecular weight is 704 g/mol. The van der Waals surface area contributed by atoms with Crippen molar-refractivity contribution in [1.82, 2.24) is 19.7 Å². The predicted octanol–water partition coefficient (Wildman–Crippen LogP) is 9.14. The molecule has 0 radical (unpaired) electrons. The third-order valence-electron chi connectivity index (χ3n) is 9.49. The van der Waals surface area contributed by atoms with Gasteiger partial charge in [-0.15, -0.1) is 0 Å². The number of para-hydroxylation sites is 1. The molecule has 0 N–H and O–H groups in total. The van der Waals surface area contributed by atoms with E-state index in [0.717, 1.165) is 63.3 Å². The maximum absolute atomic E-state index is 11.9. The number of hydrogen-bond donors (Lipinski definition) is 0. The van der Waals surface area contributed by atoms with E-state index in [2.05, 4.69) is 72.8 Å². The SMILES string of the molecule is CC(=O)O[C@@H]1CCCC(n2nc(-c3ccc(Oc4ccccc4)cc3)c3c(N=P(c4ccccc4)(c4ccccc4)c4ccccc4)ncnc32)C1. The van der Waals surface area contributed by atoms with Crippen molar-refractivity contribution < 1.29 is 14.3 Å². The Labute approximate surface area is 303 Å². The number of hydrogen-bond acceptors (Lipinski definition) is 7. The van der Waals surface area contributed by atoms with Crippen LogP contribution in [0.4, 0.5) is 5.82 Å². The molecule has 0 bridgehead atoms. The Balaban J connectivity index is 1.37.